The number of carboxylic acids is 1. The minimum Gasteiger partial charge on any atom is -0.481 e. The van der Waals surface area contributed by atoms with Gasteiger partial charge in [0.2, 0.25) is 5.91 Å². The van der Waals surface area contributed by atoms with Crippen LogP contribution >= 0.6 is 11.3 Å². The fraction of sp³-hybridized carbons (Fsp3) is 0.591. The molecule has 7 heteroatoms. The van der Waals surface area contributed by atoms with Gasteiger partial charge in [-0.15, -0.1) is 11.3 Å². The number of hydrogen-bond acceptors (Lipinski definition) is 5. The van der Waals surface area contributed by atoms with Gasteiger partial charge >= 0.3 is 11.9 Å². The normalized spacial score (nSPS) is 22.0. The SMILES string of the molecule is CCOC(=O)c1c(NC(=O)[C@H]2CC=CC[C@@H]2C(=O)O)sc2c1CCCCCCC2. The maximum absolute atomic E-state index is 13.0. The summed E-state index contributed by atoms with van der Waals surface area (Å²) in [5.41, 5.74) is 1.48. The highest BCUT2D eigenvalue weighted by Crippen LogP contribution is 2.38. The fourth-order valence-electron chi connectivity index (χ4n) is 4.18. The van der Waals surface area contributed by atoms with E-state index in [9.17, 15) is 19.5 Å². The predicted molar refractivity (Wildman–Crippen MR) is 112 cm³/mol. The average Bonchev–Trinajstić information content (AvgIpc) is 3.08. The third-order valence-electron chi connectivity index (χ3n) is 5.72. The number of amides is 1. The molecule has 0 unspecified atom stereocenters. The number of aliphatic carboxylic acids is 1. The number of aryl methyl sites for hydroxylation is 1. The van der Waals surface area contributed by atoms with Crippen molar-refractivity contribution in [1.29, 1.82) is 0 Å². The number of fused-ring (bicyclic) bond motifs is 1. The van der Waals surface area contributed by atoms with Crippen LogP contribution in [0.25, 0.3) is 0 Å². The smallest absolute Gasteiger partial charge is 0.341 e. The standard InChI is InChI=1S/C22H29NO5S/c1-2-28-22(27)18-16-12-6-4-3-5-7-13-17(16)29-20(18)23-19(24)14-10-8-9-11-15(14)21(25)26/h8-9,14-15H,2-7,10-13H2,1H3,(H,23,24)(H,25,26)/t14-,15-/m0/s1. The van der Waals surface area contributed by atoms with E-state index in [1.807, 2.05) is 12.2 Å². The fourth-order valence-corrected chi connectivity index (χ4v) is 5.47. The zero-order valence-electron chi connectivity index (χ0n) is 16.9. The minimum absolute atomic E-state index is 0.269. The van der Waals surface area contributed by atoms with Gasteiger partial charge in [0.15, 0.2) is 0 Å². The van der Waals surface area contributed by atoms with E-state index in [2.05, 4.69) is 5.32 Å². The lowest BCUT2D eigenvalue weighted by Gasteiger charge is -2.24. The van der Waals surface area contributed by atoms with Crippen LogP contribution in [0.5, 0.6) is 0 Å². The lowest BCUT2D eigenvalue weighted by atomic mass is 9.82. The molecule has 2 aliphatic carbocycles. The summed E-state index contributed by atoms with van der Waals surface area (Å²) < 4.78 is 5.29. The summed E-state index contributed by atoms with van der Waals surface area (Å²) in [5.74, 6) is -3.08. The van der Waals surface area contributed by atoms with Gasteiger partial charge in [-0.05, 0) is 51.0 Å². The molecule has 0 spiro atoms. The molecule has 1 aromatic rings. The van der Waals surface area contributed by atoms with Crippen molar-refractivity contribution in [1.82, 2.24) is 0 Å². The van der Waals surface area contributed by atoms with Crippen molar-refractivity contribution in [2.45, 2.75) is 64.7 Å². The maximum atomic E-state index is 13.0. The number of allylic oxidation sites excluding steroid dienone is 2. The Morgan fingerprint density at radius 1 is 1.07 bits per heavy atom. The first-order valence-electron chi connectivity index (χ1n) is 10.5. The van der Waals surface area contributed by atoms with E-state index < -0.39 is 23.8 Å². The number of thiophene rings is 1. The largest absolute Gasteiger partial charge is 0.481 e. The van der Waals surface area contributed by atoms with Gasteiger partial charge in [-0.1, -0.05) is 31.4 Å². The monoisotopic (exact) mass is 419 g/mol. The Bertz CT molecular complexity index is 797. The Morgan fingerprint density at radius 2 is 1.72 bits per heavy atom. The van der Waals surface area contributed by atoms with Crippen molar-refractivity contribution in [3.8, 4) is 0 Å². The Balaban J connectivity index is 1.91. The van der Waals surface area contributed by atoms with Crippen molar-refractivity contribution in [3.05, 3.63) is 28.2 Å². The van der Waals surface area contributed by atoms with Crippen LogP contribution in [-0.2, 0) is 27.2 Å². The first-order chi connectivity index (χ1) is 14.0. The first kappa shape index (κ1) is 21.6. The number of carbonyl (C=O) groups is 3. The number of nitrogens with one attached hydrogen (secondary N) is 1. The zero-order valence-corrected chi connectivity index (χ0v) is 17.7. The van der Waals surface area contributed by atoms with Crippen molar-refractivity contribution in [3.63, 3.8) is 0 Å². The molecule has 0 saturated carbocycles. The number of carbonyl (C=O) groups excluding carboxylic acids is 2. The van der Waals surface area contributed by atoms with Crippen LogP contribution < -0.4 is 5.32 Å². The average molecular weight is 420 g/mol. The quantitative estimate of drug-likeness (QED) is 0.538. The molecule has 2 atom stereocenters. The Labute approximate surface area is 175 Å². The van der Waals surface area contributed by atoms with E-state index in [1.165, 1.54) is 24.2 Å². The van der Waals surface area contributed by atoms with Gasteiger partial charge in [-0.25, -0.2) is 4.79 Å². The Hall–Kier alpha value is -2.15. The number of carboxylic acid groups (broad SMARTS) is 1. The second kappa shape index (κ2) is 10.1. The van der Waals surface area contributed by atoms with Gasteiger partial charge in [0.25, 0.3) is 0 Å². The second-order valence-corrected chi connectivity index (χ2v) is 8.78. The summed E-state index contributed by atoms with van der Waals surface area (Å²) in [6, 6.07) is 0. The molecule has 3 rings (SSSR count). The lowest BCUT2D eigenvalue weighted by molar-refractivity contribution is -0.146. The highest BCUT2D eigenvalue weighted by atomic mass is 32.1. The molecule has 1 heterocycles. The van der Waals surface area contributed by atoms with Crippen LogP contribution in [-0.4, -0.2) is 29.6 Å². The highest BCUT2D eigenvalue weighted by molar-refractivity contribution is 7.17. The van der Waals surface area contributed by atoms with Gasteiger partial charge in [0.05, 0.1) is 24.0 Å². The first-order valence-corrected chi connectivity index (χ1v) is 11.3. The minimum atomic E-state index is -0.963. The summed E-state index contributed by atoms with van der Waals surface area (Å²) in [7, 11) is 0. The molecular formula is C22H29NO5S. The summed E-state index contributed by atoms with van der Waals surface area (Å²) in [6.07, 6.45) is 11.7. The summed E-state index contributed by atoms with van der Waals surface area (Å²) in [6.45, 7) is 2.04. The van der Waals surface area contributed by atoms with E-state index in [-0.39, 0.29) is 12.5 Å². The molecule has 2 aliphatic rings. The van der Waals surface area contributed by atoms with Crippen LogP contribution in [0.1, 0.15) is 72.7 Å². The van der Waals surface area contributed by atoms with Crippen molar-refractivity contribution in [2.75, 3.05) is 11.9 Å². The molecule has 1 amide bonds. The van der Waals surface area contributed by atoms with Gasteiger partial charge < -0.3 is 15.2 Å². The third-order valence-corrected chi connectivity index (χ3v) is 6.93. The molecule has 0 saturated heterocycles. The van der Waals surface area contributed by atoms with Crippen LogP contribution in [0, 0.1) is 11.8 Å². The van der Waals surface area contributed by atoms with E-state index in [1.54, 1.807) is 6.92 Å². The number of ether oxygens (including phenoxy) is 1. The molecule has 2 N–H and O–H groups in total. The van der Waals surface area contributed by atoms with Crippen molar-refractivity contribution >= 4 is 34.2 Å². The molecule has 0 bridgehead atoms. The van der Waals surface area contributed by atoms with E-state index >= 15 is 0 Å². The highest BCUT2D eigenvalue weighted by Gasteiger charge is 2.35. The van der Waals surface area contributed by atoms with Gasteiger partial charge in [-0.2, -0.15) is 0 Å². The van der Waals surface area contributed by atoms with Crippen molar-refractivity contribution in [2.24, 2.45) is 11.8 Å². The Kier molecular flexibility index (Phi) is 7.47. The van der Waals surface area contributed by atoms with Gasteiger partial charge in [-0.3, -0.25) is 9.59 Å². The van der Waals surface area contributed by atoms with Crippen LogP contribution in [0.2, 0.25) is 0 Å². The van der Waals surface area contributed by atoms with Crippen LogP contribution in [0.3, 0.4) is 0 Å². The molecule has 6 nitrogen and oxygen atoms in total. The van der Waals surface area contributed by atoms with Crippen molar-refractivity contribution < 1.29 is 24.2 Å². The number of rotatable bonds is 5. The molecule has 0 aliphatic heterocycles. The number of esters is 1. The summed E-state index contributed by atoms with van der Waals surface area (Å²) in [4.78, 5) is 38.4. The second-order valence-electron chi connectivity index (χ2n) is 7.68. The molecule has 0 fully saturated rings. The molecule has 1 aromatic heterocycles. The van der Waals surface area contributed by atoms with E-state index in [0.717, 1.165) is 42.5 Å². The molecule has 0 aromatic carbocycles. The molecule has 0 radical (unpaired) electrons. The van der Waals surface area contributed by atoms with Gasteiger partial charge in [0, 0.05) is 4.88 Å². The summed E-state index contributed by atoms with van der Waals surface area (Å²) >= 11 is 1.45. The van der Waals surface area contributed by atoms with Crippen LogP contribution in [0.15, 0.2) is 12.2 Å². The van der Waals surface area contributed by atoms with E-state index in [4.69, 9.17) is 4.74 Å². The van der Waals surface area contributed by atoms with Gasteiger partial charge in [0.1, 0.15) is 5.00 Å². The molecular weight excluding hydrogens is 390 g/mol. The van der Waals surface area contributed by atoms with E-state index in [0.29, 0.717) is 23.4 Å². The van der Waals surface area contributed by atoms with Crippen LogP contribution in [0.4, 0.5) is 5.00 Å². The number of anilines is 1. The predicted octanol–water partition coefficient (Wildman–Crippen LogP) is 4.58. The summed E-state index contributed by atoms with van der Waals surface area (Å²) in [5, 5.41) is 12.9. The lowest BCUT2D eigenvalue weighted by Crippen LogP contribution is -2.34. The Morgan fingerprint density at radius 3 is 2.41 bits per heavy atom. The number of hydrogen-bond donors (Lipinski definition) is 2. The topological polar surface area (TPSA) is 92.7 Å². The molecule has 29 heavy (non-hydrogen) atoms. The maximum Gasteiger partial charge on any atom is 0.341 e. The molecule has 158 valence electrons. The zero-order chi connectivity index (χ0) is 20.8. The third kappa shape index (κ3) is 5.07.